The van der Waals surface area contributed by atoms with Crippen molar-refractivity contribution in [3.63, 3.8) is 0 Å². The first-order valence-electron chi connectivity index (χ1n) is 12.1. The van der Waals surface area contributed by atoms with Crippen LogP contribution >= 0.6 is 11.8 Å². The van der Waals surface area contributed by atoms with Gasteiger partial charge in [-0.2, -0.15) is 0 Å². The fraction of sp³-hybridized carbons (Fsp3) is 0.296. The Bertz CT molecular complexity index is 1350. The number of anilines is 1. The Morgan fingerprint density at radius 3 is 2.24 bits per heavy atom. The van der Waals surface area contributed by atoms with Crippen LogP contribution in [0.3, 0.4) is 0 Å². The van der Waals surface area contributed by atoms with Crippen LogP contribution < -0.4 is 9.64 Å². The van der Waals surface area contributed by atoms with Crippen LogP contribution in [-0.4, -0.2) is 69.1 Å². The van der Waals surface area contributed by atoms with Crippen LogP contribution in [0.15, 0.2) is 65.8 Å². The van der Waals surface area contributed by atoms with E-state index in [1.807, 2.05) is 67.3 Å². The number of ether oxygens (including phenoxy) is 1. The summed E-state index contributed by atoms with van der Waals surface area (Å²) in [6, 6.07) is 19.8. The van der Waals surface area contributed by atoms with Crippen molar-refractivity contribution in [1.29, 1.82) is 0 Å². The third-order valence-corrected chi connectivity index (χ3v) is 7.13. The average molecular weight is 516 g/mol. The molecular weight excluding hydrogens is 486 g/mol. The smallest absolute Gasteiger partial charge is 0.276 e. The van der Waals surface area contributed by atoms with Gasteiger partial charge in [0.2, 0.25) is 0 Å². The number of thioether (sulfide) groups is 1. The molecule has 37 heavy (non-hydrogen) atoms. The van der Waals surface area contributed by atoms with Gasteiger partial charge in [-0.25, -0.2) is 14.6 Å². The number of hydrogen-bond donors (Lipinski definition) is 0. The first kappa shape index (κ1) is 24.8. The van der Waals surface area contributed by atoms with Crippen LogP contribution in [0.1, 0.15) is 27.6 Å². The second kappa shape index (κ2) is 11.0. The van der Waals surface area contributed by atoms with Crippen LogP contribution in [-0.2, 0) is 5.75 Å². The molecule has 0 radical (unpaired) electrons. The lowest BCUT2D eigenvalue weighted by Crippen LogP contribution is -2.49. The number of carbonyl (C=O) groups is 1. The van der Waals surface area contributed by atoms with E-state index in [9.17, 15) is 4.79 Å². The number of rotatable bonds is 7. The van der Waals surface area contributed by atoms with Crippen LogP contribution in [0.5, 0.6) is 5.75 Å². The second-order valence-corrected chi connectivity index (χ2v) is 9.77. The molecular formula is C27H29N7O2S. The summed E-state index contributed by atoms with van der Waals surface area (Å²) in [4.78, 5) is 26.9. The van der Waals surface area contributed by atoms with E-state index in [1.165, 1.54) is 17.4 Å². The van der Waals surface area contributed by atoms with Gasteiger partial charge in [0.05, 0.1) is 18.5 Å². The Morgan fingerprint density at radius 2 is 1.59 bits per heavy atom. The quantitative estimate of drug-likeness (QED) is 0.270. The number of piperazine rings is 1. The molecule has 0 atom stereocenters. The monoisotopic (exact) mass is 515 g/mol. The number of benzene rings is 2. The highest BCUT2D eigenvalue weighted by atomic mass is 32.2. The molecule has 0 bridgehead atoms. The highest BCUT2D eigenvalue weighted by Gasteiger charge is 2.28. The lowest BCUT2D eigenvalue weighted by molar-refractivity contribution is 0.0740. The Kier molecular flexibility index (Phi) is 7.36. The second-order valence-electron chi connectivity index (χ2n) is 8.83. The molecule has 190 valence electrons. The van der Waals surface area contributed by atoms with E-state index in [4.69, 9.17) is 4.74 Å². The standard InChI is InChI=1S/C27H29N7O2S/c1-19-17-20(2)29-27(28-19)37-18-24-25(30-31-34(24)22-9-11-23(36-3)12-10-22)26(35)33-15-13-32(14-16-33)21-7-5-4-6-8-21/h4-12,17H,13-16,18H2,1-3H3. The maximum absolute atomic E-state index is 13.7. The molecule has 1 saturated heterocycles. The predicted octanol–water partition coefficient (Wildman–Crippen LogP) is 3.94. The summed E-state index contributed by atoms with van der Waals surface area (Å²) in [7, 11) is 1.63. The van der Waals surface area contributed by atoms with Crippen molar-refractivity contribution >= 4 is 23.4 Å². The molecule has 0 aliphatic carbocycles. The Labute approximate surface area is 220 Å². The summed E-state index contributed by atoms with van der Waals surface area (Å²) in [6.45, 7) is 6.68. The van der Waals surface area contributed by atoms with Crippen molar-refractivity contribution in [3.8, 4) is 11.4 Å². The zero-order valence-corrected chi connectivity index (χ0v) is 22.0. The van der Waals surface area contributed by atoms with Crippen molar-refractivity contribution < 1.29 is 9.53 Å². The van der Waals surface area contributed by atoms with Crippen molar-refractivity contribution in [2.45, 2.75) is 24.8 Å². The Balaban J connectivity index is 1.39. The molecule has 1 amide bonds. The Hall–Kier alpha value is -3.92. The molecule has 1 aliphatic rings. The number of nitrogens with zero attached hydrogens (tertiary/aromatic N) is 7. The average Bonchev–Trinajstić information content (AvgIpc) is 3.35. The minimum Gasteiger partial charge on any atom is -0.497 e. The minimum absolute atomic E-state index is 0.107. The van der Waals surface area contributed by atoms with Crippen LogP contribution in [0.2, 0.25) is 0 Å². The molecule has 0 saturated carbocycles. The van der Waals surface area contributed by atoms with Gasteiger partial charge in [-0.1, -0.05) is 35.2 Å². The van der Waals surface area contributed by atoms with Crippen molar-refractivity contribution in [2.75, 3.05) is 38.2 Å². The van der Waals surface area contributed by atoms with E-state index in [0.29, 0.717) is 35.4 Å². The summed E-state index contributed by atoms with van der Waals surface area (Å²) in [5, 5.41) is 9.40. The van der Waals surface area contributed by atoms with E-state index >= 15 is 0 Å². The van der Waals surface area contributed by atoms with Crippen molar-refractivity contribution in [2.24, 2.45) is 0 Å². The van der Waals surface area contributed by atoms with E-state index in [-0.39, 0.29) is 5.91 Å². The fourth-order valence-electron chi connectivity index (χ4n) is 4.38. The van der Waals surface area contributed by atoms with Gasteiger partial charge in [-0.15, -0.1) is 5.10 Å². The summed E-state index contributed by atoms with van der Waals surface area (Å²) >= 11 is 1.47. The highest BCUT2D eigenvalue weighted by molar-refractivity contribution is 7.98. The summed E-state index contributed by atoms with van der Waals surface area (Å²) < 4.78 is 7.02. The zero-order valence-electron chi connectivity index (χ0n) is 21.2. The maximum atomic E-state index is 13.7. The molecule has 0 N–H and O–H groups in total. The summed E-state index contributed by atoms with van der Waals surface area (Å²) in [5.74, 6) is 1.09. The van der Waals surface area contributed by atoms with E-state index in [0.717, 1.165) is 35.9 Å². The van der Waals surface area contributed by atoms with E-state index in [1.54, 1.807) is 11.8 Å². The number of carbonyl (C=O) groups excluding carboxylic acids is 1. The molecule has 0 unspecified atom stereocenters. The lowest BCUT2D eigenvalue weighted by atomic mass is 10.2. The molecule has 1 fully saturated rings. The van der Waals surface area contributed by atoms with E-state index in [2.05, 4.69) is 37.3 Å². The number of aryl methyl sites for hydroxylation is 2. The molecule has 0 spiro atoms. The SMILES string of the molecule is COc1ccc(-n2nnc(C(=O)N3CCN(c4ccccc4)CC3)c2CSc2nc(C)cc(C)n2)cc1. The third-order valence-electron chi connectivity index (χ3n) is 6.27. The zero-order chi connectivity index (χ0) is 25.8. The summed E-state index contributed by atoms with van der Waals surface area (Å²) in [5.41, 5.74) is 4.87. The van der Waals surface area contributed by atoms with Gasteiger partial charge in [0, 0.05) is 49.0 Å². The van der Waals surface area contributed by atoms with Crippen LogP contribution in [0, 0.1) is 13.8 Å². The topological polar surface area (TPSA) is 89.3 Å². The molecule has 2 aromatic carbocycles. The molecule has 10 heteroatoms. The van der Waals surface area contributed by atoms with Crippen molar-refractivity contribution in [1.82, 2.24) is 29.9 Å². The van der Waals surface area contributed by atoms with Gasteiger partial charge in [-0.3, -0.25) is 4.79 Å². The number of aromatic nitrogens is 5. The predicted molar refractivity (Wildman–Crippen MR) is 144 cm³/mol. The van der Waals surface area contributed by atoms with Gasteiger partial charge >= 0.3 is 0 Å². The van der Waals surface area contributed by atoms with Gasteiger partial charge < -0.3 is 14.5 Å². The highest BCUT2D eigenvalue weighted by Crippen LogP contribution is 2.26. The first-order valence-corrected chi connectivity index (χ1v) is 13.1. The molecule has 4 aromatic rings. The normalized spacial score (nSPS) is 13.6. The molecule has 3 heterocycles. The van der Waals surface area contributed by atoms with Gasteiger partial charge in [0.25, 0.3) is 5.91 Å². The van der Waals surface area contributed by atoms with E-state index < -0.39 is 0 Å². The number of hydrogen-bond acceptors (Lipinski definition) is 8. The fourth-order valence-corrected chi connectivity index (χ4v) is 5.32. The molecule has 2 aromatic heterocycles. The lowest BCUT2D eigenvalue weighted by Gasteiger charge is -2.35. The number of para-hydroxylation sites is 1. The van der Waals surface area contributed by atoms with Crippen molar-refractivity contribution in [3.05, 3.63) is 83.4 Å². The summed E-state index contributed by atoms with van der Waals surface area (Å²) in [6.07, 6.45) is 0. The number of amides is 1. The van der Waals surface area contributed by atoms with Gasteiger partial charge in [0.1, 0.15) is 5.75 Å². The maximum Gasteiger partial charge on any atom is 0.276 e. The minimum atomic E-state index is -0.107. The van der Waals surface area contributed by atoms with Crippen LogP contribution in [0.4, 0.5) is 5.69 Å². The third kappa shape index (κ3) is 5.59. The molecule has 9 nitrogen and oxygen atoms in total. The van der Waals surface area contributed by atoms with Gasteiger partial charge in [0.15, 0.2) is 10.9 Å². The first-order chi connectivity index (χ1) is 18.0. The molecule has 5 rings (SSSR count). The number of methoxy groups -OCH3 is 1. The van der Waals surface area contributed by atoms with Crippen LogP contribution in [0.25, 0.3) is 5.69 Å². The van der Waals surface area contributed by atoms with Gasteiger partial charge in [-0.05, 0) is 56.3 Å². The largest absolute Gasteiger partial charge is 0.497 e. The molecule has 1 aliphatic heterocycles. The Morgan fingerprint density at radius 1 is 0.919 bits per heavy atom.